The summed E-state index contributed by atoms with van der Waals surface area (Å²) in [5.74, 6) is -0.711. The summed E-state index contributed by atoms with van der Waals surface area (Å²) in [4.78, 5) is 23.2. The van der Waals surface area contributed by atoms with Gasteiger partial charge in [-0.15, -0.1) is 4.91 Å². The van der Waals surface area contributed by atoms with Gasteiger partial charge in [-0.3, -0.25) is 4.79 Å². The smallest absolute Gasteiger partial charge is 0.251 e. The van der Waals surface area contributed by atoms with E-state index in [1.165, 1.54) is 24.1 Å². The van der Waals surface area contributed by atoms with Crippen molar-refractivity contribution in [3.05, 3.63) is 51.9 Å². The van der Waals surface area contributed by atoms with E-state index < -0.39 is 5.91 Å². The van der Waals surface area contributed by atoms with Crippen molar-refractivity contribution in [3.8, 4) is 0 Å². The molecular weight excluding hydrogens is 340 g/mol. The number of nitrogens with one attached hydrogen (secondary N) is 2. The number of amides is 1. The first-order valence-electron chi connectivity index (χ1n) is 7.67. The summed E-state index contributed by atoms with van der Waals surface area (Å²) in [6.45, 7) is 4.46. The van der Waals surface area contributed by atoms with Crippen LogP contribution < -0.4 is 15.8 Å². The van der Waals surface area contributed by atoms with Gasteiger partial charge in [-0.1, -0.05) is 6.07 Å². The Kier molecular flexibility index (Phi) is 6.37. The second kappa shape index (κ2) is 8.50. The molecule has 5 N–H and O–H groups in total. The molecule has 0 aromatic heterocycles. The predicted octanol–water partition coefficient (Wildman–Crippen LogP) is 3.54. The number of anilines is 2. The second-order valence-electron chi connectivity index (χ2n) is 5.42. The minimum Gasteiger partial charge on any atom is -0.392 e. The summed E-state index contributed by atoms with van der Waals surface area (Å²) in [5, 5.41) is 15.3. The van der Waals surface area contributed by atoms with E-state index in [2.05, 4.69) is 15.2 Å². The van der Waals surface area contributed by atoms with Crippen LogP contribution in [0.25, 0.3) is 0 Å². The fourth-order valence-corrected chi connectivity index (χ4v) is 3.14. The number of hydrogen-bond acceptors (Lipinski definition) is 7. The largest absolute Gasteiger partial charge is 0.392 e. The number of nitrogens with zero attached hydrogens (tertiary/aromatic N) is 1. The van der Waals surface area contributed by atoms with Gasteiger partial charge < -0.3 is 20.9 Å². The number of primary amides is 1. The van der Waals surface area contributed by atoms with Crippen molar-refractivity contribution >= 4 is 34.9 Å². The van der Waals surface area contributed by atoms with Crippen LogP contribution >= 0.6 is 11.9 Å². The molecule has 0 aliphatic carbocycles. The third-order valence-electron chi connectivity index (χ3n) is 3.43. The van der Waals surface area contributed by atoms with Crippen LogP contribution in [0.3, 0.4) is 0 Å². The van der Waals surface area contributed by atoms with E-state index in [-0.39, 0.29) is 17.9 Å². The lowest BCUT2D eigenvalue weighted by Gasteiger charge is -2.14. The topological polar surface area (TPSA) is 117 Å². The van der Waals surface area contributed by atoms with Gasteiger partial charge in [0.25, 0.3) is 5.91 Å². The van der Waals surface area contributed by atoms with Gasteiger partial charge in [-0.05, 0) is 66.4 Å². The number of nitrogens with two attached hydrogens (primary N) is 1. The molecule has 8 heteroatoms. The Hall–Kier alpha value is -2.58. The first kappa shape index (κ1) is 18.8. The molecule has 0 aliphatic heterocycles. The molecule has 0 heterocycles. The van der Waals surface area contributed by atoms with E-state index in [1.54, 1.807) is 0 Å². The van der Waals surface area contributed by atoms with Crippen LogP contribution in [0.2, 0.25) is 0 Å². The van der Waals surface area contributed by atoms with Crippen LogP contribution in [0.1, 0.15) is 28.4 Å². The lowest BCUT2D eigenvalue weighted by atomic mass is 10.1. The highest BCUT2D eigenvalue weighted by Crippen LogP contribution is 2.35. The zero-order chi connectivity index (χ0) is 18.4. The van der Waals surface area contributed by atoms with Crippen LogP contribution in [0, 0.1) is 11.8 Å². The Balaban J connectivity index is 2.34. The van der Waals surface area contributed by atoms with Crippen LogP contribution in [-0.2, 0) is 6.61 Å². The van der Waals surface area contributed by atoms with Crippen LogP contribution in [0.15, 0.2) is 40.4 Å². The van der Waals surface area contributed by atoms with E-state index in [4.69, 9.17) is 5.73 Å². The fourth-order valence-electron chi connectivity index (χ4n) is 2.38. The van der Waals surface area contributed by atoms with Crippen molar-refractivity contribution in [1.82, 2.24) is 0 Å². The van der Waals surface area contributed by atoms with E-state index in [0.29, 0.717) is 17.1 Å². The van der Waals surface area contributed by atoms with E-state index >= 15 is 0 Å². The molecule has 0 aliphatic rings. The molecular formula is C17H20N4O3S. The molecule has 2 rings (SSSR count). The molecule has 0 radical (unpaired) electrons. The summed E-state index contributed by atoms with van der Waals surface area (Å²) < 4.78 is 3.18. The zero-order valence-corrected chi connectivity index (χ0v) is 14.8. The van der Waals surface area contributed by atoms with Gasteiger partial charge in [0.2, 0.25) is 0 Å². The molecule has 0 saturated carbocycles. The lowest BCUT2D eigenvalue weighted by Crippen LogP contribution is -2.12. The standard InChI is InChI=1S/C17H20N4O3S/c1-3-19-15-8-14(20-24)13(17(18)23)7-16(15)25-21-12-5-10(2)4-11(6-12)9-22/h4-8,19,21-22H,3,9H2,1-2H3,(H2,18,23). The van der Waals surface area contributed by atoms with Gasteiger partial charge in [-0.2, -0.15) is 0 Å². The number of aryl methyl sites for hydroxylation is 1. The molecule has 2 aromatic rings. The molecule has 7 nitrogen and oxygen atoms in total. The molecule has 0 saturated heterocycles. The maximum Gasteiger partial charge on any atom is 0.251 e. The van der Waals surface area contributed by atoms with Crippen molar-refractivity contribution in [1.29, 1.82) is 0 Å². The van der Waals surface area contributed by atoms with Crippen molar-refractivity contribution in [3.63, 3.8) is 0 Å². The molecule has 25 heavy (non-hydrogen) atoms. The highest BCUT2D eigenvalue weighted by Gasteiger charge is 2.15. The maximum atomic E-state index is 11.5. The number of nitroso groups, excluding NO2 is 1. The zero-order valence-electron chi connectivity index (χ0n) is 14.0. The summed E-state index contributed by atoms with van der Waals surface area (Å²) in [5.41, 5.74) is 8.71. The van der Waals surface area contributed by atoms with Crippen molar-refractivity contribution in [2.24, 2.45) is 10.9 Å². The average molecular weight is 360 g/mol. The van der Waals surface area contributed by atoms with Gasteiger partial charge >= 0.3 is 0 Å². The highest BCUT2D eigenvalue weighted by molar-refractivity contribution is 8.00. The number of hydrogen-bond donors (Lipinski definition) is 4. The Labute approximate surface area is 150 Å². The first-order chi connectivity index (χ1) is 12.0. The van der Waals surface area contributed by atoms with Crippen LogP contribution in [0.4, 0.5) is 17.1 Å². The summed E-state index contributed by atoms with van der Waals surface area (Å²) >= 11 is 1.27. The third-order valence-corrected chi connectivity index (χ3v) is 4.32. The Morgan fingerprint density at radius 2 is 2.04 bits per heavy atom. The second-order valence-corrected chi connectivity index (χ2v) is 6.27. The fraction of sp³-hybridized carbons (Fsp3) is 0.235. The maximum absolute atomic E-state index is 11.5. The summed E-state index contributed by atoms with van der Waals surface area (Å²) in [7, 11) is 0. The number of carbonyl (C=O) groups is 1. The summed E-state index contributed by atoms with van der Waals surface area (Å²) in [6, 6.07) is 8.72. The number of carbonyl (C=O) groups excluding carboxylic acids is 1. The van der Waals surface area contributed by atoms with Gasteiger partial charge in [0.1, 0.15) is 5.69 Å². The molecule has 1 amide bonds. The number of benzene rings is 2. The minimum atomic E-state index is -0.711. The average Bonchev–Trinajstić information content (AvgIpc) is 2.59. The van der Waals surface area contributed by atoms with Gasteiger partial charge in [0.05, 0.1) is 22.8 Å². The van der Waals surface area contributed by atoms with Gasteiger partial charge in [0.15, 0.2) is 0 Å². The van der Waals surface area contributed by atoms with Gasteiger partial charge in [0, 0.05) is 12.2 Å². The number of aliphatic hydroxyl groups is 1. The highest BCUT2D eigenvalue weighted by atomic mass is 32.2. The van der Waals surface area contributed by atoms with E-state index in [1.807, 2.05) is 32.0 Å². The number of aliphatic hydroxyl groups excluding tert-OH is 1. The molecule has 132 valence electrons. The van der Waals surface area contributed by atoms with Crippen molar-refractivity contribution < 1.29 is 9.90 Å². The van der Waals surface area contributed by atoms with Crippen LogP contribution in [0.5, 0.6) is 0 Å². The molecule has 0 unspecified atom stereocenters. The first-order valence-corrected chi connectivity index (χ1v) is 8.49. The molecule has 0 fully saturated rings. The lowest BCUT2D eigenvalue weighted by molar-refractivity contribution is 0.100. The minimum absolute atomic E-state index is 0.00548. The third kappa shape index (κ3) is 4.71. The predicted molar refractivity (Wildman–Crippen MR) is 101 cm³/mol. The Morgan fingerprint density at radius 1 is 1.28 bits per heavy atom. The van der Waals surface area contributed by atoms with Crippen LogP contribution in [-0.4, -0.2) is 17.6 Å². The number of rotatable bonds is 8. The molecule has 0 atom stereocenters. The normalized spacial score (nSPS) is 10.4. The van der Waals surface area contributed by atoms with E-state index in [9.17, 15) is 14.8 Å². The van der Waals surface area contributed by atoms with Gasteiger partial charge in [-0.25, -0.2) is 0 Å². The molecule has 0 spiro atoms. The van der Waals surface area contributed by atoms with E-state index in [0.717, 1.165) is 16.8 Å². The Bertz CT molecular complexity index is 796. The van der Waals surface area contributed by atoms with Crippen molar-refractivity contribution in [2.75, 3.05) is 16.6 Å². The SMILES string of the molecule is CCNc1cc(N=O)c(C(N)=O)cc1SNc1cc(C)cc(CO)c1. The molecule has 0 bridgehead atoms. The Morgan fingerprint density at radius 3 is 2.64 bits per heavy atom. The summed E-state index contributed by atoms with van der Waals surface area (Å²) in [6.07, 6.45) is 0. The molecule has 2 aromatic carbocycles. The quantitative estimate of drug-likeness (QED) is 0.423. The monoisotopic (exact) mass is 360 g/mol. The van der Waals surface area contributed by atoms with Crippen molar-refractivity contribution in [2.45, 2.75) is 25.3 Å².